The van der Waals surface area contributed by atoms with Crippen molar-refractivity contribution in [2.45, 2.75) is 12.4 Å². The number of aromatic hydroxyl groups is 1. The normalized spacial score (nSPS) is 19.3. The first kappa shape index (κ1) is 17.3. The molecule has 0 aliphatic carbocycles. The molecule has 27 heavy (non-hydrogen) atoms. The SMILES string of the molecule is O=C(OC[C@H]1CO[C@H](c2coc3ccccc3c2=O)O1)c1ccccc1O. The number of rotatable bonds is 4. The van der Waals surface area contributed by atoms with Crippen LogP contribution in [0.5, 0.6) is 5.75 Å². The molecule has 1 N–H and O–H groups in total. The molecular formula is C20H16O7. The van der Waals surface area contributed by atoms with Gasteiger partial charge in [0.05, 0.1) is 17.6 Å². The summed E-state index contributed by atoms with van der Waals surface area (Å²) in [7, 11) is 0. The van der Waals surface area contributed by atoms with Gasteiger partial charge in [0.2, 0.25) is 5.43 Å². The Labute approximate surface area is 153 Å². The zero-order valence-corrected chi connectivity index (χ0v) is 14.2. The molecule has 0 spiro atoms. The van der Waals surface area contributed by atoms with Gasteiger partial charge in [-0.25, -0.2) is 4.79 Å². The van der Waals surface area contributed by atoms with E-state index in [2.05, 4.69) is 0 Å². The van der Waals surface area contributed by atoms with Gasteiger partial charge in [0.1, 0.15) is 35.9 Å². The lowest BCUT2D eigenvalue weighted by atomic mass is 10.1. The summed E-state index contributed by atoms with van der Waals surface area (Å²) in [4.78, 5) is 24.6. The maximum absolute atomic E-state index is 12.6. The van der Waals surface area contributed by atoms with Crippen LogP contribution in [-0.4, -0.2) is 30.4 Å². The fourth-order valence-corrected chi connectivity index (χ4v) is 2.85. The van der Waals surface area contributed by atoms with Gasteiger partial charge in [0, 0.05) is 0 Å². The summed E-state index contributed by atoms with van der Waals surface area (Å²) >= 11 is 0. The Bertz CT molecular complexity index is 1040. The van der Waals surface area contributed by atoms with Crippen LogP contribution < -0.4 is 5.43 Å². The second-order valence-electron chi connectivity index (χ2n) is 6.06. The quantitative estimate of drug-likeness (QED) is 0.708. The summed E-state index contributed by atoms with van der Waals surface area (Å²) in [6.45, 7) is 0.0908. The van der Waals surface area contributed by atoms with Crippen LogP contribution in [0.3, 0.4) is 0 Å². The molecule has 1 aliphatic heterocycles. The summed E-state index contributed by atoms with van der Waals surface area (Å²) in [5.74, 6) is -0.817. The fraction of sp³-hybridized carbons (Fsp3) is 0.200. The molecule has 2 heterocycles. The van der Waals surface area contributed by atoms with Gasteiger partial charge < -0.3 is 23.7 Å². The molecule has 1 fully saturated rings. The number of para-hydroxylation sites is 2. The highest BCUT2D eigenvalue weighted by Crippen LogP contribution is 2.27. The van der Waals surface area contributed by atoms with E-state index in [-0.39, 0.29) is 35.5 Å². The van der Waals surface area contributed by atoms with E-state index in [1.807, 2.05) is 0 Å². The lowest BCUT2D eigenvalue weighted by Crippen LogP contribution is -2.21. The minimum atomic E-state index is -0.889. The largest absolute Gasteiger partial charge is 0.507 e. The molecule has 2 aromatic carbocycles. The molecule has 7 heteroatoms. The third-order valence-corrected chi connectivity index (χ3v) is 4.23. The second-order valence-corrected chi connectivity index (χ2v) is 6.06. The second kappa shape index (κ2) is 7.22. The van der Waals surface area contributed by atoms with Gasteiger partial charge >= 0.3 is 5.97 Å². The van der Waals surface area contributed by atoms with Crippen molar-refractivity contribution in [1.82, 2.24) is 0 Å². The van der Waals surface area contributed by atoms with Gasteiger partial charge in [-0.15, -0.1) is 0 Å². The van der Waals surface area contributed by atoms with Crippen molar-refractivity contribution >= 4 is 16.9 Å². The highest BCUT2D eigenvalue weighted by molar-refractivity contribution is 5.92. The maximum atomic E-state index is 12.6. The molecule has 2 atom stereocenters. The molecule has 7 nitrogen and oxygen atoms in total. The molecule has 1 saturated heterocycles. The highest BCUT2D eigenvalue weighted by Gasteiger charge is 2.31. The van der Waals surface area contributed by atoms with E-state index >= 15 is 0 Å². The highest BCUT2D eigenvalue weighted by atomic mass is 16.7. The molecule has 4 rings (SSSR count). The number of hydrogen-bond acceptors (Lipinski definition) is 7. The van der Waals surface area contributed by atoms with Crippen molar-refractivity contribution in [3.8, 4) is 5.75 Å². The molecule has 0 saturated carbocycles. The smallest absolute Gasteiger partial charge is 0.342 e. The Morgan fingerprint density at radius 2 is 1.93 bits per heavy atom. The first-order valence-electron chi connectivity index (χ1n) is 8.36. The average Bonchev–Trinajstić information content (AvgIpc) is 3.16. The number of phenolic OH excluding ortho intramolecular Hbond substituents is 1. The van der Waals surface area contributed by atoms with Crippen molar-refractivity contribution < 1.29 is 28.5 Å². The number of fused-ring (bicyclic) bond motifs is 1. The predicted molar refractivity (Wildman–Crippen MR) is 94.4 cm³/mol. The van der Waals surface area contributed by atoms with E-state index in [0.29, 0.717) is 11.0 Å². The Morgan fingerprint density at radius 3 is 2.78 bits per heavy atom. The number of carbonyl (C=O) groups is 1. The van der Waals surface area contributed by atoms with Crippen LogP contribution in [0.1, 0.15) is 22.2 Å². The summed E-state index contributed by atoms with van der Waals surface area (Å²) < 4.78 is 21.8. The van der Waals surface area contributed by atoms with E-state index < -0.39 is 18.4 Å². The van der Waals surface area contributed by atoms with Crippen molar-refractivity contribution in [2.24, 2.45) is 0 Å². The fourth-order valence-electron chi connectivity index (χ4n) is 2.85. The Hall–Kier alpha value is -3.16. The minimum absolute atomic E-state index is 0.0669. The number of hydrogen-bond donors (Lipinski definition) is 1. The van der Waals surface area contributed by atoms with E-state index in [9.17, 15) is 14.7 Å². The van der Waals surface area contributed by atoms with Crippen LogP contribution in [0.4, 0.5) is 0 Å². The Kier molecular flexibility index (Phi) is 4.62. The van der Waals surface area contributed by atoms with E-state index in [0.717, 1.165) is 0 Å². The van der Waals surface area contributed by atoms with Crippen molar-refractivity contribution in [2.75, 3.05) is 13.2 Å². The molecule has 3 aromatic rings. The predicted octanol–water partition coefficient (Wildman–Crippen LogP) is 2.77. The van der Waals surface area contributed by atoms with Crippen LogP contribution in [0.25, 0.3) is 11.0 Å². The first-order valence-corrected chi connectivity index (χ1v) is 8.36. The van der Waals surface area contributed by atoms with Crippen molar-refractivity contribution in [3.05, 3.63) is 76.1 Å². The molecule has 1 aromatic heterocycles. The topological polar surface area (TPSA) is 95.2 Å². The Morgan fingerprint density at radius 1 is 1.15 bits per heavy atom. The standard InChI is InChI=1S/C20H16O7/c21-16-7-3-1-5-13(16)19(23)25-9-12-10-26-20(27-12)15-11-24-17-8-4-2-6-14(17)18(15)22/h1-8,11-12,20-21H,9-10H2/t12-,20-/m0/s1. The summed E-state index contributed by atoms with van der Waals surface area (Å²) in [6, 6.07) is 13.0. The summed E-state index contributed by atoms with van der Waals surface area (Å²) in [5, 5.41) is 10.1. The molecule has 1 aliphatic rings. The van der Waals surface area contributed by atoms with Crippen molar-refractivity contribution in [3.63, 3.8) is 0 Å². The first-order chi connectivity index (χ1) is 13.1. The van der Waals surface area contributed by atoms with Gasteiger partial charge in [0.15, 0.2) is 6.29 Å². The van der Waals surface area contributed by atoms with Crippen LogP contribution in [0, 0.1) is 0 Å². The zero-order chi connectivity index (χ0) is 18.8. The molecular weight excluding hydrogens is 352 g/mol. The zero-order valence-electron chi connectivity index (χ0n) is 14.2. The number of phenols is 1. The van der Waals surface area contributed by atoms with Gasteiger partial charge in [-0.05, 0) is 24.3 Å². The van der Waals surface area contributed by atoms with E-state index in [1.165, 1.54) is 18.4 Å². The summed E-state index contributed by atoms with van der Waals surface area (Å²) in [5.41, 5.74) is 0.581. The number of benzene rings is 2. The van der Waals surface area contributed by atoms with E-state index in [1.54, 1.807) is 36.4 Å². The molecule has 0 bridgehead atoms. The number of ether oxygens (including phenoxy) is 3. The van der Waals surface area contributed by atoms with Crippen molar-refractivity contribution in [1.29, 1.82) is 0 Å². The molecule has 0 radical (unpaired) electrons. The lowest BCUT2D eigenvalue weighted by molar-refractivity contribution is -0.0710. The van der Waals surface area contributed by atoms with Crippen LogP contribution in [0.2, 0.25) is 0 Å². The van der Waals surface area contributed by atoms with Gasteiger partial charge in [-0.1, -0.05) is 24.3 Å². The summed E-state index contributed by atoms with van der Waals surface area (Å²) in [6.07, 6.45) is -0.0958. The number of esters is 1. The minimum Gasteiger partial charge on any atom is -0.507 e. The molecule has 0 unspecified atom stereocenters. The van der Waals surface area contributed by atoms with Gasteiger partial charge in [-0.2, -0.15) is 0 Å². The molecule has 0 amide bonds. The average molecular weight is 368 g/mol. The maximum Gasteiger partial charge on any atom is 0.342 e. The van der Waals surface area contributed by atoms with E-state index in [4.69, 9.17) is 18.6 Å². The van der Waals surface area contributed by atoms with Crippen LogP contribution in [0.15, 0.2) is 64.0 Å². The monoisotopic (exact) mass is 368 g/mol. The van der Waals surface area contributed by atoms with Crippen LogP contribution in [-0.2, 0) is 14.2 Å². The third-order valence-electron chi connectivity index (χ3n) is 4.23. The Balaban J connectivity index is 1.42. The van der Waals surface area contributed by atoms with Crippen LogP contribution >= 0.6 is 0 Å². The third kappa shape index (κ3) is 3.42. The molecule has 138 valence electrons. The van der Waals surface area contributed by atoms with Gasteiger partial charge in [0.25, 0.3) is 0 Å². The lowest BCUT2D eigenvalue weighted by Gasteiger charge is -2.12. The number of carbonyl (C=O) groups excluding carboxylic acids is 1. The van der Waals surface area contributed by atoms with Gasteiger partial charge in [-0.3, -0.25) is 4.79 Å².